The molecule has 0 fully saturated rings. The fourth-order valence-electron chi connectivity index (χ4n) is 7.25. The standard InChI is InChI=1S/C51H96O5/c1-4-7-10-13-16-19-21-23-24-25-26-27-28-29-30-33-35-38-41-44-50(52)55-48-49(56-51(53)45-42-39-36-32-18-15-12-9-6-3)47-54-46-43-40-37-34-31-22-20-17-14-11-8-5-2/h16,19,23-24,49H,4-15,17-18,20-22,25-48H2,1-3H3/b19-16-,24-23-. The van der Waals surface area contributed by atoms with Gasteiger partial charge in [-0.15, -0.1) is 0 Å². The number of ether oxygens (including phenoxy) is 3. The van der Waals surface area contributed by atoms with Gasteiger partial charge >= 0.3 is 11.9 Å². The quantitative estimate of drug-likeness (QED) is 0.0349. The van der Waals surface area contributed by atoms with Crippen molar-refractivity contribution in [3.05, 3.63) is 24.3 Å². The maximum Gasteiger partial charge on any atom is 0.306 e. The fraction of sp³-hybridized carbons (Fsp3) is 0.882. The molecule has 5 nitrogen and oxygen atoms in total. The van der Waals surface area contributed by atoms with E-state index in [0.29, 0.717) is 26.1 Å². The average Bonchev–Trinajstić information content (AvgIpc) is 3.20. The molecule has 5 heteroatoms. The minimum Gasteiger partial charge on any atom is -0.462 e. The Hall–Kier alpha value is -1.62. The highest BCUT2D eigenvalue weighted by molar-refractivity contribution is 5.70. The first kappa shape index (κ1) is 54.4. The highest BCUT2D eigenvalue weighted by Crippen LogP contribution is 2.15. The highest BCUT2D eigenvalue weighted by Gasteiger charge is 2.17. The molecule has 0 amide bonds. The number of carbonyl (C=O) groups excluding carboxylic acids is 2. The fourth-order valence-corrected chi connectivity index (χ4v) is 7.25. The monoisotopic (exact) mass is 789 g/mol. The SMILES string of the molecule is CCCCC/C=C\C/C=C\CCCCCCCCCCCC(=O)OCC(COCCCCCCCCCCCCCC)OC(=O)CCCCCCCCCCC. The molecule has 0 aromatic rings. The maximum atomic E-state index is 12.7. The Morgan fingerprint density at radius 2 is 0.750 bits per heavy atom. The average molecular weight is 789 g/mol. The van der Waals surface area contributed by atoms with Crippen LogP contribution in [-0.4, -0.2) is 37.9 Å². The van der Waals surface area contributed by atoms with Gasteiger partial charge in [-0.2, -0.15) is 0 Å². The topological polar surface area (TPSA) is 61.8 Å². The van der Waals surface area contributed by atoms with Gasteiger partial charge in [-0.3, -0.25) is 9.59 Å². The highest BCUT2D eigenvalue weighted by atomic mass is 16.6. The van der Waals surface area contributed by atoms with Crippen LogP contribution in [0.3, 0.4) is 0 Å². The van der Waals surface area contributed by atoms with Gasteiger partial charge in [0.1, 0.15) is 6.61 Å². The molecule has 330 valence electrons. The van der Waals surface area contributed by atoms with E-state index in [1.807, 2.05) is 0 Å². The van der Waals surface area contributed by atoms with Crippen LogP contribution < -0.4 is 0 Å². The molecule has 0 aliphatic rings. The van der Waals surface area contributed by atoms with E-state index in [4.69, 9.17) is 14.2 Å². The van der Waals surface area contributed by atoms with Crippen molar-refractivity contribution < 1.29 is 23.8 Å². The molecular formula is C51H96O5. The smallest absolute Gasteiger partial charge is 0.306 e. The number of hydrogen-bond acceptors (Lipinski definition) is 5. The van der Waals surface area contributed by atoms with Crippen molar-refractivity contribution >= 4 is 11.9 Å². The Bertz CT molecular complexity index is 851. The number of rotatable bonds is 46. The molecule has 0 aromatic carbocycles. The van der Waals surface area contributed by atoms with E-state index in [1.165, 1.54) is 193 Å². The summed E-state index contributed by atoms with van der Waals surface area (Å²) >= 11 is 0. The predicted octanol–water partition coefficient (Wildman–Crippen LogP) is 16.5. The number of unbranched alkanes of at least 4 members (excludes halogenated alkanes) is 31. The van der Waals surface area contributed by atoms with Crippen LogP contribution in [0.4, 0.5) is 0 Å². The molecule has 1 unspecified atom stereocenters. The molecule has 0 aromatic heterocycles. The van der Waals surface area contributed by atoms with Gasteiger partial charge in [-0.1, -0.05) is 225 Å². The van der Waals surface area contributed by atoms with E-state index in [0.717, 1.165) is 38.5 Å². The van der Waals surface area contributed by atoms with E-state index in [1.54, 1.807) is 0 Å². The third-order valence-electron chi connectivity index (χ3n) is 11.0. The van der Waals surface area contributed by atoms with Gasteiger partial charge < -0.3 is 14.2 Å². The van der Waals surface area contributed by atoms with Crippen LogP contribution >= 0.6 is 0 Å². The lowest BCUT2D eigenvalue weighted by molar-refractivity contribution is -0.163. The molecule has 0 rings (SSSR count). The summed E-state index contributed by atoms with van der Waals surface area (Å²) in [4.78, 5) is 25.3. The summed E-state index contributed by atoms with van der Waals surface area (Å²) in [7, 11) is 0. The minimum absolute atomic E-state index is 0.0900. The summed E-state index contributed by atoms with van der Waals surface area (Å²) in [5.41, 5.74) is 0. The van der Waals surface area contributed by atoms with Crippen LogP contribution in [0.2, 0.25) is 0 Å². The summed E-state index contributed by atoms with van der Waals surface area (Å²) in [6.45, 7) is 7.83. The first-order valence-corrected chi connectivity index (χ1v) is 24.9. The van der Waals surface area contributed by atoms with Gasteiger partial charge in [-0.25, -0.2) is 0 Å². The van der Waals surface area contributed by atoms with Gasteiger partial charge in [0.2, 0.25) is 0 Å². The van der Waals surface area contributed by atoms with Gasteiger partial charge in [-0.05, 0) is 51.4 Å². The maximum absolute atomic E-state index is 12.7. The molecule has 0 aliphatic carbocycles. The lowest BCUT2D eigenvalue weighted by atomic mass is 10.1. The molecule has 0 saturated heterocycles. The lowest BCUT2D eigenvalue weighted by Crippen LogP contribution is -2.30. The Labute approximate surface area is 349 Å². The van der Waals surface area contributed by atoms with Crippen molar-refractivity contribution in [3.63, 3.8) is 0 Å². The Morgan fingerprint density at radius 3 is 1.21 bits per heavy atom. The number of allylic oxidation sites excluding steroid dienone is 4. The molecule has 0 saturated carbocycles. The zero-order valence-electron chi connectivity index (χ0n) is 37.9. The number of hydrogen-bond donors (Lipinski definition) is 0. The van der Waals surface area contributed by atoms with E-state index in [9.17, 15) is 9.59 Å². The second-order valence-corrected chi connectivity index (χ2v) is 16.7. The zero-order valence-corrected chi connectivity index (χ0v) is 37.9. The van der Waals surface area contributed by atoms with Gasteiger partial charge in [0, 0.05) is 19.4 Å². The third kappa shape index (κ3) is 45.1. The first-order chi connectivity index (χ1) is 27.6. The van der Waals surface area contributed by atoms with Gasteiger partial charge in [0.05, 0.1) is 6.61 Å². The van der Waals surface area contributed by atoms with Crippen LogP contribution in [0.25, 0.3) is 0 Å². The number of esters is 2. The van der Waals surface area contributed by atoms with Crippen LogP contribution in [0, 0.1) is 0 Å². The molecule has 0 bridgehead atoms. The molecule has 56 heavy (non-hydrogen) atoms. The summed E-state index contributed by atoms with van der Waals surface area (Å²) < 4.78 is 17.3. The third-order valence-corrected chi connectivity index (χ3v) is 11.0. The Balaban J connectivity index is 4.12. The summed E-state index contributed by atoms with van der Waals surface area (Å²) in [5.74, 6) is -0.390. The Morgan fingerprint density at radius 1 is 0.393 bits per heavy atom. The van der Waals surface area contributed by atoms with Crippen molar-refractivity contribution in [2.75, 3.05) is 19.8 Å². The van der Waals surface area contributed by atoms with Crippen LogP contribution in [0.1, 0.15) is 265 Å². The molecule has 0 N–H and O–H groups in total. The molecule has 1 atom stereocenters. The van der Waals surface area contributed by atoms with Crippen molar-refractivity contribution in [3.8, 4) is 0 Å². The lowest BCUT2D eigenvalue weighted by Gasteiger charge is -2.18. The summed E-state index contributed by atoms with van der Waals surface area (Å²) in [6.07, 6.45) is 54.6. The predicted molar refractivity (Wildman–Crippen MR) is 242 cm³/mol. The van der Waals surface area contributed by atoms with Crippen LogP contribution in [0.5, 0.6) is 0 Å². The minimum atomic E-state index is -0.527. The van der Waals surface area contributed by atoms with E-state index >= 15 is 0 Å². The van der Waals surface area contributed by atoms with E-state index < -0.39 is 6.10 Å². The zero-order chi connectivity index (χ0) is 40.7. The van der Waals surface area contributed by atoms with Crippen molar-refractivity contribution in [1.82, 2.24) is 0 Å². The van der Waals surface area contributed by atoms with Crippen molar-refractivity contribution in [2.45, 2.75) is 271 Å². The largest absolute Gasteiger partial charge is 0.462 e. The van der Waals surface area contributed by atoms with E-state index in [-0.39, 0.29) is 18.5 Å². The normalized spacial score (nSPS) is 12.3. The molecule has 0 aliphatic heterocycles. The van der Waals surface area contributed by atoms with Crippen molar-refractivity contribution in [2.24, 2.45) is 0 Å². The molecular weight excluding hydrogens is 693 g/mol. The number of carbonyl (C=O) groups is 2. The first-order valence-electron chi connectivity index (χ1n) is 24.9. The summed E-state index contributed by atoms with van der Waals surface area (Å²) in [6, 6.07) is 0. The van der Waals surface area contributed by atoms with E-state index in [2.05, 4.69) is 45.1 Å². The van der Waals surface area contributed by atoms with Crippen molar-refractivity contribution in [1.29, 1.82) is 0 Å². The summed E-state index contributed by atoms with van der Waals surface area (Å²) in [5, 5.41) is 0. The molecule has 0 spiro atoms. The Kier molecular flexibility index (Phi) is 46.4. The molecule has 0 heterocycles. The van der Waals surface area contributed by atoms with Gasteiger partial charge in [0.25, 0.3) is 0 Å². The second kappa shape index (κ2) is 47.8. The van der Waals surface area contributed by atoms with Crippen LogP contribution in [-0.2, 0) is 23.8 Å². The molecule has 0 radical (unpaired) electrons. The second-order valence-electron chi connectivity index (χ2n) is 16.7. The van der Waals surface area contributed by atoms with Gasteiger partial charge in [0.15, 0.2) is 6.10 Å². The van der Waals surface area contributed by atoms with Crippen LogP contribution in [0.15, 0.2) is 24.3 Å².